The Kier molecular flexibility index (Phi) is 5.80. The number of nitrogen functional groups attached to an aromatic ring is 1. The van der Waals surface area contributed by atoms with Crippen LogP contribution in [-0.2, 0) is 6.42 Å². The van der Waals surface area contributed by atoms with Gasteiger partial charge in [-0.1, -0.05) is 34.1 Å². The molecule has 0 aliphatic heterocycles. The van der Waals surface area contributed by atoms with Crippen molar-refractivity contribution in [1.29, 1.82) is 0 Å². The predicted molar refractivity (Wildman–Crippen MR) is 79.0 cm³/mol. The third-order valence-electron chi connectivity index (χ3n) is 3.23. The van der Waals surface area contributed by atoms with Gasteiger partial charge < -0.3 is 11.1 Å². The van der Waals surface area contributed by atoms with Crippen molar-refractivity contribution in [3.63, 3.8) is 0 Å². The van der Waals surface area contributed by atoms with E-state index in [0.29, 0.717) is 17.3 Å². The second-order valence-corrected chi connectivity index (χ2v) is 5.25. The van der Waals surface area contributed by atoms with Crippen molar-refractivity contribution < 1.29 is 4.79 Å². The highest BCUT2D eigenvalue weighted by Gasteiger charge is 2.16. The van der Waals surface area contributed by atoms with Crippen LogP contribution in [0.2, 0.25) is 0 Å². The number of carbonyl (C=O) groups excluding carboxylic acids is 1. The number of nitrogens with zero attached hydrogens (tertiary/aromatic N) is 1. The number of nitrogens with two attached hydrogens (primary N) is 1. The van der Waals surface area contributed by atoms with Gasteiger partial charge in [0.1, 0.15) is 5.82 Å². The number of nitrogens with one attached hydrogen (secondary N) is 1. The van der Waals surface area contributed by atoms with Crippen molar-refractivity contribution in [1.82, 2.24) is 10.3 Å². The number of amides is 1. The van der Waals surface area contributed by atoms with E-state index in [-0.39, 0.29) is 11.9 Å². The zero-order valence-corrected chi connectivity index (χ0v) is 12.4. The molecule has 1 aromatic heterocycles. The molecule has 0 spiro atoms. The first kappa shape index (κ1) is 15.5. The van der Waals surface area contributed by atoms with E-state index in [1.54, 1.807) is 6.07 Å². The van der Waals surface area contributed by atoms with Crippen LogP contribution in [0.25, 0.3) is 0 Å². The van der Waals surface area contributed by atoms with Crippen LogP contribution in [0.15, 0.2) is 12.1 Å². The van der Waals surface area contributed by atoms with Gasteiger partial charge in [0.25, 0.3) is 5.91 Å². The van der Waals surface area contributed by atoms with E-state index >= 15 is 0 Å². The van der Waals surface area contributed by atoms with E-state index in [9.17, 15) is 4.79 Å². The summed E-state index contributed by atoms with van der Waals surface area (Å²) < 4.78 is 0. The fraction of sp³-hybridized carbons (Fsp3) is 0.600. The first-order valence-corrected chi connectivity index (χ1v) is 7.05. The fourth-order valence-corrected chi connectivity index (χ4v) is 2.12. The lowest BCUT2D eigenvalue weighted by molar-refractivity contribution is 0.0924. The topological polar surface area (TPSA) is 68.0 Å². The number of pyridine rings is 1. The van der Waals surface area contributed by atoms with Crippen LogP contribution in [0, 0.1) is 5.92 Å². The number of anilines is 1. The Morgan fingerprint density at radius 1 is 1.37 bits per heavy atom. The van der Waals surface area contributed by atoms with Gasteiger partial charge in [0, 0.05) is 17.3 Å². The van der Waals surface area contributed by atoms with Gasteiger partial charge in [-0.25, -0.2) is 4.98 Å². The van der Waals surface area contributed by atoms with Gasteiger partial charge in [0.2, 0.25) is 0 Å². The summed E-state index contributed by atoms with van der Waals surface area (Å²) in [5.74, 6) is 0.768. The highest BCUT2D eigenvalue weighted by Crippen LogP contribution is 2.12. The maximum absolute atomic E-state index is 12.2. The summed E-state index contributed by atoms with van der Waals surface area (Å²) in [6.07, 6.45) is 2.75. The lowest BCUT2D eigenvalue weighted by Crippen LogP contribution is -2.38. The molecule has 0 radical (unpaired) electrons. The Morgan fingerprint density at radius 2 is 2.05 bits per heavy atom. The summed E-state index contributed by atoms with van der Waals surface area (Å²) in [6, 6.07) is 3.67. The molecule has 0 aliphatic carbocycles. The molecule has 0 aliphatic rings. The van der Waals surface area contributed by atoms with Gasteiger partial charge in [-0.2, -0.15) is 0 Å². The molecular formula is C15H25N3O. The van der Waals surface area contributed by atoms with Crippen LogP contribution >= 0.6 is 0 Å². The van der Waals surface area contributed by atoms with E-state index in [4.69, 9.17) is 5.73 Å². The molecule has 19 heavy (non-hydrogen) atoms. The van der Waals surface area contributed by atoms with E-state index < -0.39 is 0 Å². The molecule has 1 unspecified atom stereocenters. The van der Waals surface area contributed by atoms with E-state index in [1.807, 2.05) is 6.07 Å². The Hall–Kier alpha value is -1.58. The SMILES string of the molecule is CCCc1cc(C(=O)NC(CC)C(C)C)cc(N)n1. The third-order valence-corrected chi connectivity index (χ3v) is 3.23. The van der Waals surface area contributed by atoms with Gasteiger partial charge in [-0.3, -0.25) is 4.79 Å². The van der Waals surface area contributed by atoms with Crippen LogP contribution < -0.4 is 11.1 Å². The van der Waals surface area contributed by atoms with Crippen LogP contribution in [0.3, 0.4) is 0 Å². The van der Waals surface area contributed by atoms with Crippen molar-refractivity contribution in [2.75, 3.05) is 5.73 Å². The standard InChI is InChI=1S/C15H25N3O/c1-5-7-12-8-11(9-14(16)17-12)15(19)18-13(6-2)10(3)4/h8-10,13H,5-7H2,1-4H3,(H2,16,17)(H,18,19). The number of aryl methyl sites for hydroxylation is 1. The largest absolute Gasteiger partial charge is 0.384 e. The molecule has 0 saturated carbocycles. The number of aromatic nitrogens is 1. The zero-order chi connectivity index (χ0) is 14.4. The summed E-state index contributed by atoms with van der Waals surface area (Å²) in [6.45, 7) is 8.38. The zero-order valence-electron chi connectivity index (χ0n) is 12.4. The Balaban J connectivity index is 2.86. The minimum atomic E-state index is -0.0630. The lowest BCUT2D eigenvalue weighted by Gasteiger charge is -2.20. The monoisotopic (exact) mass is 263 g/mol. The van der Waals surface area contributed by atoms with Gasteiger partial charge >= 0.3 is 0 Å². The first-order valence-electron chi connectivity index (χ1n) is 7.05. The first-order chi connectivity index (χ1) is 8.97. The van der Waals surface area contributed by atoms with Crippen LogP contribution in [0.4, 0.5) is 5.82 Å². The Morgan fingerprint density at radius 3 is 2.58 bits per heavy atom. The predicted octanol–water partition coefficient (Wildman–Crippen LogP) is 2.78. The molecule has 1 atom stereocenters. The molecule has 1 aromatic rings. The molecule has 0 bridgehead atoms. The summed E-state index contributed by atoms with van der Waals surface area (Å²) in [7, 11) is 0. The highest BCUT2D eigenvalue weighted by molar-refractivity contribution is 5.95. The summed E-state index contributed by atoms with van der Waals surface area (Å²) >= 11 is 0. The van der Waals surface area contributed by atoms with Gasteiger partial charge in [0.05, 0.1) is 0 Å². The van der Waals surface area contributed by atoms with Crippen molar-refractivity contribution in [2.24, 2.45) is 5.92 Å². The van der Waals surface area contributed by atoms with Crippen molar-refractivity contribution in [3.05, 3.63) is 23.4 Å². The van der Waals surface area contributed by atoms with Crippen molar-refractivity contribution >= 4 is 11.7 Å². The molecule has 3 N–H and O–H groups in total. The normalized spacial score (nSPS) is 12.5. The van der Waals surface area contributed by atoms with Crippen LogP contribution in [0.5, 0.6) is 0 Å². The molecule has 4 heteroatoms. The molecule has 0 aromatic carbocycles. The molecule has 1 amide bonds. The van der Waals surface area contributed by atoms with E-state index in [1.165, 1.54) is 0 Å². The summed E-state index contributed by atoms with van der Waals surface area (Å²) in [4.78, 5) is 16.5. The van der Waals surface area contributed by atoms with Gasteiger partial charge in [-0.15, -0.1) is 0 Å². The molecule has 0 saturated heterocycles. The van der Waals surface area contributed by atoms with E-state index in [0.717, 1.165) is 25.0 Å². The smallest absolute Gasteiger partial charge is 0.251 e. The molecular weight excluding hydrogens is 238 g/mol. The highest BCUT2D eigenvalue weighted by atomic mass is 16.1. The minimum absolute atomic E-state index is 0.0630. The summed E-state index contributed by atoms with van der Waals surface area (Å²) in [5.41, 5.74) is 7.25. The minimum Gasteiger partial charge on any atom is -0.384 e. The summed E-state index contributed by atoms with van der Waals surface area (Å²) in [5, 5.41) is 3.06. The number of hydrogen-bond donors (Lipinski definition) is 2. The molecule has 4 nitrogen and oxygen atoms in total. The van der Waals surface area contributed by atoms with E-state index in [2.05, 4.69) is 38.0 Å². The van der Waals surface area contributed by atoms with Gasteiger partial charge in [0.15, 0.2) is 0 Å². The second-order valence-electron chi connectivity index (χ2n) is 5.25. The van der Waals surface area contributed by atoms with Crippen LogP contribution in [0.1, 0.15) is 56.6 Å². The lowest BCUT2D eigenvalue weighted by atomic mass is 10.0. The molecule has 106 valence electrons. The Labute approximate surface area is 115 Å². The molecule has 1 rings (SSSR count). The average Bonchev–Trinajstić information content (AvgIpc) is 2.34. The number of rotatable bonds is 6. The molecule has 0 fully saturated rings. The van der Waals surface area contributed by atoms with Crippen LogP contribution in [-0.4, -0.2) is 16.9 Å². The average molecular weight is 263 g/mol. The molecule has 1 heterocycles. The number of hydrogen-bond acceptors (Lipinski definition) is 3. The third kappa shape index (κ3) is 4.54. The quantitative estimate of drug-likeness (QED) is 0.829. The fourth-order valence-electron chi connectivity index (χ4n) is 2.12. The maximum atomic E-state index is 12.2. The van der Waals surface area contributed by atoms with Crippen molar-refractivity contribution in [2.45, 2.75) is 53.0 Å². The maximum Gasteiger partial charge on any atom is 0.251 e. The van der Waals surface area contributed by atoms with Gasteiger partial charge in [-0.05, 0) is 30.9 Å². The number of carbonyl (C=O) groups is 1. The Bertz CT molecular complexity index is 429. The van der Waals surface area contributed by atoms with Crippen molar-refractivity contribution in [3.8, 4) is 0 Å². The second kappa shape index (κ2) is 7.12.